The monoisotopic (exact) mass is 499 g/mol. The van der Waals surface area contributed by atoms with E-state index in [0.717, 1.165) is 0 Å². The maximum Gasteiger partial charge on any atom is 0.335 e. The lowest BCUT2D eigenvalue weighted by molar-refractivity contribution is -0.113. The SMILES string of the molecule is CCn1c(CNC(=O)c2ccc(OC)c(OC)c2)nnc1SCC(=O)Nc1ccc(C(=O)O)cc1. The van der Waals surface area contributed by atoms with Crippen molar-refractivity contribution < 1.29 is 29.0 Å². The minimum atomic E-state index is -1.03. The van der Waals surface area contributed by atoms with Crippen molar-refractivity contribution in [1.82, 2.24) is 20.1 Å². The highest BCUT2D eigenvalue weighted by atomic mass is 32.2. The third-order valence-electron chi connectivity index (χ3n) is 4.91. The molecular weight excluding hydrogens is 474 g/mol. The van der Waals surface area contributed by atoms with Crippen molar-refractivity contribution in [2.75, 3.05) is 25.3 Å². The van der Waals surface area contributed by atoms with Gasteiger partial charge in [0.25, 0.3) is 5.91 Å². The molecule has 0 fully saturated rings. The standard InChI is InChI=1S/C23H25N5O6S/c1-4-28-19(12-24-21(30)15-7-10-17(33-2)18(11-15)34-3)26-27-23(28)35-13-20(29)25-16-8-5-14(6-9-16)22(31)32/h5-11H,4,12-13H2,1-3H3,(H,24,30)(H,25,29)(H,31,32). The second kappa shape index (κ2) is 11.9. The molecule has 0 saturated carbocycles. The molecule has 35 heavy (non-hydrogen) atoms. The molecule has 3 rings (SSSR count). The molecule has 184 valence electrons. The second-order valence-corrected chi connectivity index (χ2v) is 8.06. The van der Waals surface area contributed by atoms with E-state index >= 15 is 0 Å². The first kappa shape index (κ1) is 25.6. The number of hydrogen-bond donors (Lipinski definition) is 3. The number of hydrogen-bond acceptors (Lipinski definition) is 8. The van der Waals surface area contributed by atoms with Crippen LogP contribution in [-0.4, -0.2) is 57.6 Å². The fourth-order valence-electron chi connectivity index (χ4n) is 3.14. The summed E-state index contributed by atoms with van der Waals surface area (Å²) in [6.07, 6.45) is 0. The van der Waals surface area contributed by atoms with Gasteiger partial charge in [-0.1, -0.05) is 11.8 Å². The molecule has 0 aliphatic heterocycles. The summed E-state index contributed by atoms with van der Waals surface area (Å²) >= 11 is 1.21. The number of amides is 2. The maximum atomic E-state index is 12.6. The molecule has 3 aromatic rings. The number of benzene rings is 2. The number of aromatic nitrogens is 3. The predicted molar refractivity (Wildman–Crippen MR) is 129 cm³/mol. The predicted octanol–water partition coefficient (Wildman–Crippen LogP) is 2.67. The molecule has 0 aliphatic carbocycles. The number of carboxylic acid groups (broad SMARTS) is 1. The fourth-order valence-corrected chi connectivity index (χ4v) is 3.96. The fraction of sp³-hybridized carbons (Fsp3) is 0.261. The average molecular weight is 500 g/mol. The Kier molecular flexibility index (Phi) is 8.68. The van der Waals surface area contributed by atoms with Gasteiger partial charge in [-0.25, -0.2) is 4.79 Å². The van der Waals surface area contributed by atoms with E-state index in [2.05, 4.69) is 20.8 Å². The van der Waals surface area contributed by atoms with E-state index in [-0.39, 0.29) is 29.7 Å². The Morgan fingerprint density at radius 3 is 2.31 bits per heavy atom. The number of nitrogens with one attached hydrogen (secondary N) is 2. The van der Waals surface area contributed by atoms with Gasteiger partial charge in [-0.3, -0.25) is 9.59 Å². The van der Waals surface area contributed by atoms with Crippen molar-refractivity contribution >= 4 is 35.2 Å². The highest BCUT2D eigenvalue weighted by Crippen LogP contribution is 2.27. The van der Waals surface area contributed by atoms with Crippen LogP contribution in [0.1, 0.15) is 33.5 Å². The molecule has 0 radical (unpaired) electrons. The Morgan fingerprint density at radius 2 is 1.69 bits per heavy atom. The normalized spacial score (nSPS) is 10.5. The second-order valence-electron chi connectivity index (χ2n) is 7.11. The summed E-state index contributed by atoms with van der Waals surface area (Å²) in [6, 6.07) is 10.8. The van der Waals surface area contributed by atoms with E-state index in [1.165, 1.54) is 50.2 Å². The first-order chi connectivity index (χ1) is 16.9. The summed E-state index contributed by atoms with van der Waals surface area (Å²) in [5.41, 5.74) is 1.04. The Labute approximate surface area is 205 Å². The molecule has 2 aromatic carbocycles. The van der Waals surface area contributed by atoms with Gasteiger partial charge >= 0.3 is 5.97 Å². The molecular formula is C23H25N5O6S. The van der Waals surface area contributed by atoms with E-state index < -0.39 is 5.97 Å². The van der Waals surface area contributed by atoms with Gasteiger partial charge in [-0.15, -0.1) is 10.2 Å². The number of aromatic carboxylic acids is 1. The summed E-state index contributed by atoms with van der Waals surface area (Å²) < 4.78 is 12.2. The Balaban J connectivity index is 1.57. The van der Waals surface area contributed by atoms with Gasteiger partial charge in [-0.05, 0) is 49.4 Å². The average Bonchev–Trinajstić information content (AvgIpc) is 3.27. The largest absolute Gasteiger partial charge is 0.493 e. The van der Waals surface area contributed by atoms with E-state index in [1.807, 2.05) is 11.5 Å². The summed E-state index contributed by atoms with van der Waals surface area (Å²) in [5, 5.41) is 23.3. The molecule has 2 amide bonds. The lowest BCUT2D eigenvalue weighted by atomic mass is 10.2. The molecule has 0 spiro atoms. The third kappa shape index (κ3) is 6.51. The van der Waals surface area contributed by atoms with Crippen LogP contribution in [0.3, 0.4) is 0 Å². The van der Waals surface area contributed by atoms with Crippen LogP contribution in [0.5, 0.6) is 11.5 Å². The van der Waals surface area contributed by atoms with E-state index in [9.17, 15) is 14.4 Å². The van der Waals surface area contributed by atoms with Gasteiger partial charge in [-0.2, -0.15) is 0 Å². The minimum absolute atomic E-state index is 0.0802. The van der Waals surface area contributed by atoms with Gasteiger partial charge in [0.1, 0.15) is 0 Å². The third-order valence-corrected chi connectivity index (χ3v) is 5.88. The van der Waals surface area contributed by atoms with Crippen molar-refractivity contribution in [3.8, 4) is 11.5 Å². The van der Waals surface area contributed by atoms with E-state index in [0.29, 0.717) is 40.3 Å². The van der Waals surface area contributed by atoms with Gasteiger partial charge in [0.05, 0.1) is 32.1 Å². The number of ether oxygens (including phenoxy) is 2. The summed E-state index contributed by atoms with van der Waals surface area (Å²) in [6.45, 7) is 2.61. The zero-order chi connectivity index (χ0) is 25.4. The molecule has 1 aromatic heterocycles. The zero-order valence-electron chi connectivity index (χ0n) is 19.4. The zero-order valence-corrected chi connectivity index (χ0v) is 20.2. The summed E-state index contributed by atoms with van der Waals surface area (Å²) in [4.78, 5) is 35.8. The maximum absolute atomic E-state index is 12.6. The van der Waals surface area contributed by atoms with Gasteiger partial charge in [0.2, 0.25) is 5.91 Å². The topological polar surface area (TPSA) is 145 Å². The van der Waals surface area contributed by atoms with Crippen LogP contribution in [0.4, 0.5) is 5.69 Å². The number of anilines is 1. The lowest BCUT2D eigenvalue weighted by Gasteiger charge is -2.11. The first-order valence-corrected chi connectivity index (χ1v) is 11.5. The molecule has 0 bridgehead atoms. The van der Waals surface area contributed by atoms with Crippen molar-refractivity contribution in [3.05, 3.63) is 59.4 Å². The number of thioether (sulfide) groups is 1. The minimum Gasteiger partial charge on any atom is -0.493 e. The van der Waals surface area contributed by atoms with Crippen molar-refractivity contribution in [2.45, 2.75) is 25.2 Å². The first-order valence-electron chi connectivity index (χ1n) is 10.5. The molecule has 0 saturated heterocycles. The number of carbonyl (C=O) groups is 3. The number of nitrogens with zero attached hydrogens (tertiary/aromatic N) is 3. The number of rotatable bonds is 11. The smallest absolute Gasteiger partial charge is 0.335 e. The quantitative estimate of drug-likeness (QED) is 0.339. The van der Waals surface area contributed by atoms with Crippen LogP contribution in [0.15, 0.2) is 47.6 Å². The van der Waals surface area contributed by atoms with Gasteiger partial charge in [0, 0.05) is 17.8 Å². The number of carbonyl (C=O) groups excluding carboxylic acids is 2. The molecule has 11 nitrogen and oxygen atoms in total. The van der Waals surface area contributed by atoms with Crippen LogP contribution in [0.2, 0.25) is 0 Å². The number of methoxy groups -OCH3 is 2. The molecule has 12 heteroatoms. The van der Waals surface area contributed by atoms with Crippen LogP contribution in [-0.2, 0) is 17.9 Å². The number of carboxylic acids is 1. The highest BCUT2D eigenvalue weighted by Gasteiger charge is 2.16. The summed E-state index contributed by atoms with van der Waals surface area (Å²) in [7, 11) is 3.02. The van der Waals surface area contributed by atoms with Crippen LogP contribution in [0.25, 0.3) is 0 Å². The van der Waals surface area contributed by atoms with Gasteiger partial charge < -0.3 is 29.8 Å². The highest BCUT2D eigenvalue weighted by molar-refractivity contribution is 7.99. The lowest BCUT2D eigenvalue weighted by Crippen LogP contribution is -2.25. The summed E-state index contributed by atoms with van der Waals surface area (Å²) in [5.74, 6) is -0.00584. The molecule has 0 unspecified atom stereocenters. The van der Waals surface area contributed by atoms with Crippen LogP contribution >= 0.6 is 11.8 Å². The molecule has 0 atom stereocenters. The Morgan fingerprint density at radius 1 is 1.00 bits per heavy atom. The van der Waals surface area contributed by atoms with Crippen molar-refractivity contribution in [1.29, 1.82) is 0 Å². The van der Waals surface area contributed by atoms with Crippen molar-refractivity contribution in [3.63, 3.8) is 0 Å². The van der Waals surface area contributed by atoms with Crippen molar-refractivity contribution in [2.24, 2.45) is 0 Å². The Hall–Kier alpha value is -4.06. The van der Waals surface area contributed by atoms with Crippen LogP contribution in [0, 0.1) is 0 Å². The molecule has 1 heterocycles. The van der Waals surface area contributed by atoms with Crippen LogP contribution < -0.4 is 20.1 Å². The van der Waals surface area contributed by atoms with E-state index in [4.69, 9.17) is 14.6 Å². The molecule has 3 N–H and O–H groups in total. The van der Waals surface area contributed by atoms with E-state index in [1.54, 1.807) is 18.2 Å². The Bertz CT molecular complexity index is 1210. The molecule has 0 aliphatic rings. The van der Waals surface area contributed by atoms with Gasteiger partial charge in [0.15, 0.2) is 22.5 Å².